The SMILES string of the molecule is COc1cc(Cl)cc(N2CCc3nc(-c4ncccn4)ncc3C2)n1.COc1cc(N2CCc3nc(-c4ncccn4)ncc3C2)cc(Cl)n1. The molecule has 252 valence electrons. The zero-order chi connectivity index (χ0) is 34.5. The lowest BCUT2D eigenvalue weighted by molar-refractivity contribution is 0.397. The van der Waals surface area contributed by atoms with Crippen molar-refractivity contribution >= 4 is 34.7 Å². The van der Waals surface area contributed by atoms with E-state index in [1.54, 1.807) is 57.2 Å². The van der Waals surface area contributed by atoms with Crippen LogP contribution in [0.5, 0.6) is 11.8 Å². The first-order valence-corrected chi connectivity index (χ1v) is 16.4. The Morgan fingerprint density at radius 2 is 1.12 bits per heavy atom. The Labute approximate surface area is 297 Å². The van der Waals surface area contributed by atoms with Crippen LogP contribution in [-0.4, -0.2) is 77.1 Å². The minimum absolute atomic E-state index is 0.410. The topological polar surface area (TPSA) is 154 Å². The summed E-state index contributed by atoms with van der Waals surface area (Å²) < 4.78 is 10.4. The summed E-state index contributed by atoms with van der Waals surface area (Å²) >= 11 is 12.2. The van der Waals surface area contributed by atoms with E-state index < -0.39 is 0 Å². The Bertz CT molecular complexity index is 1960. The van der Waals surface area contributed by atoms with E-state index in [2.05, 4.69) is 59.6 Å². The lowest BCUT2D eigenvalue weighted by atomic mass is 10.1. The standard InChI is InChI=1S/2C17H15ClN6O/c1-25-15-8-12(7-14(18)23-15)24-6-3-13-11(10-24)9-21-17(22-13)16-19-4-2-5-20-16;1-25-15-8-12(18)7-14(23-15)24-6-3-13-11(10-24)9-21-17(22-13)16-19-4-2-5-20-16/h2*2,4-5,7-9H,3,6,10H2,1H3. The summed E-state index contributed by atoms with van der Waals surface area (Å²) in [6.07, 6.45) is 12.0. The minimum atomic E-state index is 0.410. The lowest BCUT2D eigenvalue weighted by Gasteiger charge is -2.30. The Morgan fingerprint density at radius 3 is 1.70 bits per heavy atom. The van der Waals surface area contributed by atoms with Gasteiger partial charge in [0.1, 0.15) is 11.0 Å². The fourth-order valence-corrected chi connectivity index (χ4v) is 5.95. The number of anilines is 2. The molecule has 0 atom stereocenters. The van der Waals surface area contributed by atoms with Gasteiger partial charge in [0.2, 0.25) is 11.8 Å². The van der Waals surface area contributed by atoms with Crippen LogP contribution in [0, 0.1) is 0 Å². The van der Waals surface area contributed by atoms with Crippen molar-refractivity contribution in [3.8, 4) is 35.1 Å². The molecular formula is C34H30Cl2N12O2. The Kier molecular flexibility index (Phi) is 9.80. The summed E-state index contributed by atoms with van der Waals surface area (Å²) in [5, 5.41) is 1.01. The van der Waals surface area contributed by atoms with Crippen LogP contribution in [0.2, 0.25) is 10.2 Å². The highest BCUT2D eigenvalue weighted by molar-refractivity contribution is 6.31. The predicted molar refractivity (Wildman–Crippen MR) is 187 cm³/mol. The molecule has 0 saturated heterocycles. The third-order valence-corrected chi connectivity index (χ3v) is 8.43. The highest BCUT2D eigenvalue weighted by Crippen LogP contribution is 2.29. The van der Waals surface area contributed by atoms with E-state index in [-0.39, 0.29) is 0 Å². The molecule has 2 aliphatic rings. The average Bonchev–Trinajstić information content (AvgIpc) is 3.17. The second-order valence-corrected chi connectivity index (χ2v) is 12.0. The van der Waals surface area contributed by atoms with Gasteiger partial charge in [-0.15, -0.1) is 0 Å². The van der Waals surface area contributed by atoms with Gasteiger partial charge in [-0.05, 0) is 24.3 Å². The van der Waals surface area contributed by atoms with E-state index in [9.17, 15) is 0 Å². The van der Waals surface area contributed by atoms with Crippen molar-refractivity contribution in [3.05, 3.63) is 106 Å². The molecule has 50 heavy (non-hydrogen) atoms. The molecule has 0 amide bonds. The number of hydrogen-bond donors (Lipinski definition) is 0. The fourth-order valence-electron chi connectivity index (χ4n) is 5.57. The molecule has 2 aliphatic heterocycles. The van der Waals surface area contributed by atoms with E-state index in [4.69, 9.17) is 32.7 Å². The molecule has 0 N–H and O–H groups in total. The van der Waals surface area contributed by atoms with Gasteiger partial charge in [-0.2, -0.15) is 4.98 Å². The van der Waals surface area contributed by atoms with Gasteiger partial charge in [0.05, 0.1) is 25.6 Å². The largest absolute Gasteiger partial charge is 0.481 e. The molecular weight excluding hydrogens is 679 g/mol. The molecule has 0 unspecified atom stereocenters. The molecule has 8 heterocycles. The van der Waals surface area contributed by atoms with E-state index in [0.29, 0.717) is 58.3 Å². The highest BCUT2D eigenvalue weighted by atomic mass is 35.5. The molecule has 14 nitrogen and oxygen atoms in total. The number of hydrogen-bond acceptors (Lipinski definition) is 14. The zero-order valence-electron chi connectivity index (χ0n) is 27.1. The van der Waals surface area contributed by atoms with Gasteiger partial charge in [-0.1, -0.05) is 23.2 Å². The molecule has 16 heteroatoms. The van der Waals surface area contributed by atoms with Gasteiger partial charge in [0.15, 0.2) is 23.3 Å². The van der Waals surface area contributed by atoms with Crippen LogP contribution < -0.4 is 19.3 Å². The third-order valence-electron chi connectivity index (χ3n) is 8.02. The lowest BCUT2D eigenvalue weighted by Crippen LogP contribution is -2.32. The van der Waals surface area contributed by atoms with Crippen molar-refractivity contribution in [1.82, 2.24) is 49.8 Å². The van der Waals surface area contributed by atoms with E-state index in [1.807, 2.05) is 30.6 Å². The average molecular weight is 710 g/mol. The van der Waals surface area contributed by atoms with Crippen molar-refractivity contribution in [1.29, 1.82) is 0 Å². The number of rotatable bonds is 6. The van der Waals surface area contributed by atoms with Gasteiger partial charge in [0.25, 0.3) is 0 Å². The maximum atomic E-state index is 6.15. The van der Waals surface area contributed by atoms with Crippen molar-refractivity contribution in [2.24, 2.45) is 0 Å². The van der Waals surface area contributed by atoms with E-state index in [0.717, 1.165) is 60.0 Å². The first-order valence-electron chi connectivity index (χ1n) is 15.6. The highest BCUT2D eigenvalue weighted by Gasteiger charge is 2.22. The summed E-state index contributed by atoms with van der Waals surface area (Å²) in [7, 11) is 3.16. The summed E-state index contributed by atoms with van der Waals surface area (Å²) in [4.78, 5) is 47.8. The van der Waals surface area contributed by atoms with Crippen LogP contribution in [0.25, 0.3) is 23.3 Å². The Morgan fingerprint density at radius 1 is 0.580 bits per heavy atom. The van der Waals surface area contributed by atoms with Crippen LogP contribution in [0.4, 0.5) is 11.5 Å². The van der Waals surface area contributed by atoms with Crippen LogP contribution in [0.15, 0.2) is 73.6 Å². The molecule has 0 aromatic carbocycles. The number of ether oxygens (including phenoxy) is 2. The van der Waals surface area contributed by atoms with Crippen LogP contribution in [-0.2, 0) is 25.9 Å². The second-order valence-electron chi connectivity index (χ2n) is 11.2. The van der Waals surface area contributed by atoms with Crippen molar-refractivity contribution in [2.45, 2.75) is 25.9 Å². The molecule has 0 spiro atoms. The molecule has 0 aliphatic carbocycles. The molecule has 0 bridgehead atoms. The quantitative estimate of drug-likeness (QED) is 0.211. The second kappa shape index (κ2) is 14.9. The maximum absolute atomic E-state index is 6.15. The first-order chi connectivity index (χ1) is 24.4. The Hall–Kier alpha value is -5.60. The normalized spacial score (nSPS) is 13.4. The number of halogens is 2. The van der Waals surface area contributed by atoms with E-state index >= 15 is 0 Å². The molecule has 6 aromatic rings. The minimum Gasteiger partial charge on any atom is -0.481 e. The number of methoxy groups -OCH3 is 2. The zero-order valence-corrected chi connectivity index (χ0v) is 28.6. The van der Waals surface area contributed by atoms with E-state index in [1.165, 1.54) is 0 Å². The smallest absolute Gasteiger partial charge is 0.216 e. The molecule has 0 fully saturated rings. The molecule has 0 saturated carbocycles. The van der Waals surface area contributed by atoms with Crippen molar-refractivity contribution in [3.63, 3.8) is 0 Å². The van der Waals surface area contributed by atoms with Crippen LogP contribution in [0.3, 0.4) is 0 Å². The van der Waals surface area contributed by atoms with Crippen LogP contribution in [0.1, 0.15) is 22.5 Å². The monoisotopic (exact) mass is 708 g/mol. The third kappa shape index (κ3) is 7.51. The van der Waals surface area contributed by atoms with Crippen molar-refractivity contribution < 1.29 is 9.47 Å². The van der Waals surface area contributed by atoms with Gasteiger partial charge in [0, 0.05) is 110 Å². The molecule has 6 aromatic heterocycles. The van der Waals surface area contributed by atoms with Gasteiger partial charge in [-0.25, -0.2) is 44.9 Å². The maximum Gasteiger partial charge on any atom is 0.216 e. The summed E-state index contributed by atoms with van der Waals surface area (Å²) in [5.74, 6) is 3.97. The molecule has 8 rings (SSSR count). The number of aromatic nitrogens is 10. The fraction of sp³-hybridized carbons (Fsp3) is 0.235. The predicted octanol–water partition coefficient (Wildman–Crippen LogP) is 5.11. The summed E-state index contributed by atoms with van der Waals surface area (Å²) in [5.41, 5.74) is 5.16. The number of fused-ring (bicyclic) bond motifs is 2. The molecule has 0 radical (unpaired) electrons. The van der Waals surface area contributed by atoms with Crippen LogP contribution >= 0.6 is 23.2 Å². The first kappa shape index (κ1) is 32.9. The summed E-state index contributed by atoms with van der Waals surface area (Å²) in [6, 6.07) is 10.8. The number of nitrogens with zero attached hydrogens (tertiary/aromatic N) is 12. The van der Waals surface area contributed by atoms with Crippen molar-refractivity contribution in [2.75, 3.05) is 37.1 Å². The Balaban J connectivity index is 0.000000157. The van der Waals surface area contributed by atoms with Gasteiger partial charge >= 0.3 is 0 Å². The van der Waals surface area contributed by atoms with Gasteiger partial charge < -0.3 is 19.3 Å². The van der Waals surface area contributed by atoms with Gasteiger partial charge in [-0.3, -0.25) is 0 Å². The summed E-state index contributed by atoms with van der Waals surface area (Å²) in [6.45, 7) is 2.98. The number of pyridine rings is 2.